The Kier molecular flexibility index (Phi) is 4.91. The standard InChI is InChI=1S/C9H18O6/c1-12-6-5(4-10)15-9(11)8(14-3)7(6)13-2/h5-11H,4H2,1-3H3/t5?,6-,7?,8?,9?/m0/s1. The molecule has 1 aliphatic rings. The smallest absolute Gasteiger partial charge is 0.184 e. The van der Waals surface area contributed by atoms with E-state index in [0.717, 1.165) is 0 Å². The van der Waals surface area contributed by atoms with Gasteiger partial charge < -0.3 is 29.2 Å². The molecule has 0 saturated carbocycles. The van der Waals surface area contributed by atoms with Crippen molar-refractivity contribution in [3.05, 3.63) is 0 Å². The van der Waals surface area contributed by atoms with E-state index in [0.29, 0.717) is 0 Å². The molecular weight excluding hydrogens is 204 g/mol. The first-order valence-corrected chi connectivity index (χ1v) is 4.72. The number of hydrogen-bond donors (Lipinski definition) is 2. The summed E-state index contributed by atoms with van der Waals surface area (Å²) in [5.74, 6) is 0. The van der Waals surface area contributed by atoms with Gasteiger partial charge in [-0.2, -0.15) is 0 Å². The van der Waals surface area contributed by atoms with Crippen molar-refractivity contribution >= 4 is 0 Å². The Morgan fingerprint density at radius 2 is 1.53 bits per heavy atom. The summed E-state index contributed by atoms with van der Waals surface area (Å²) in [7, 11) is 4.44. The lowest BCUT2D eigenvalue weighted by Gasteiger charge is -2.42. The molecule has 4 unspecified atom stereocenters. The molecule has 0 aromatic heterocycles. The molecule has 1 rings (SSSR count). The van der Waals surface area contributed by atoms with E-state index in [1.165, 1.54) is 21.3 Å². The van der Waals surface area contributed by atoms with E-state index in [-0.39, 0.29) is 6.61 Å². The number of methoxy groups -OCH3 is 3. The highest BCUT2D eigenvalue weighted by Crippen LogP contribution is 2.25. The van der Waals surface area contributed by atoms with Crippen molar-refractivity contribution in [2.75, 3.05) is 27.9 Å². The maximum atomic E-state index is 9.59. The second-order valence-electron chi connectivity index (χ2n) is 3.35. The summed E-state index contributed by atoms with van der Waals surface area (Å²) in [5.41, 5.74) is 0. The first-order valence-electron chi connectivity index (χ1n) is 4.72. The van der Waals surface area contributed by atoms with Crippen LogP contribution in [0.5, 0.6) is 0 Å². The molecule has 15 heavy (non-hydrogen) atoms. The average molecular weight is 222 g/mol. The van der Waals surface area contributed by atoms with E-state index in [1.54, 1.807) is 0 Å². The summed E-state index contributed by atoms with van der Waals surface area (Å²) in [5, 5.41) is 18.7. The molecule has 5 atom stereocenters. The predicted octanol–water partition coefficient (Wildman–Crippen LogP) is -1.26. The quantitative estimate of drug-likeness (QED) is 0.618. The molecule has 0 radical (unpaired) electrons. The van der Waals surface area contributed by atoms with E-state index < -0.39 is 30.7 Å². The van der Waals surface area contributed by atoms with E-state index in [1.807, 2.05) is 0 Å². The Balaban J connectivity index is 2.80. The van der Waals surface area contributed by atoms with Crippen molar-refractivity contribution in [2.45, 2.75) is 30.7 Å². The van der Waals surface area contributed by atoms with Gasteiger partial charge >= 0.3 is 0 Å². The zero-order valence-corrected chi connectivity index (χ0v) is 9.12. The second-order valence-corrected chi connectivity index (χ2v) is 3.35. The molecule has 0 aromatic carbocycles. The molecule has 0 aromatic rings. The molecule has 1 saturated heterocycles. The van der Waals surface area contributed by atoms with E-state index in [2.05, 4.69) is 0 Å². The lowest BCUT2D eigenvalue weighted by atomic mass is 9.99. The van der Waals surface area contributed by atoms with Gasteiger partial charge in [0.2, 0.25) is 0 Å². The van der Waals surface area contributed by atoms with Crippen LogP contribution in [0.2, 0.25) is 0 Å². The third-order valence-electron chi connectivity index (χ3n) is 2.61. The van der Waals surface area contributed by atoms with Crippen molar-refractivity contribution in [3.8, 4) is 0 Å². The predicted molar refractivity (Wildman–Crippen MR) is 50.4 cm³/mol. The molecule has 2 N–H and O–H groups in total. The minimum Gasteiger partial charge on any atom is -0.394 e. The normalized spacial score (nSPS) is 41.8. The maximum Gasteiger partial charge on any atom is 0.184 e. The Morgan fingerprint density at radius 1 is 1.00 bits per heavy atom. The molecule has 6 nitrogen and oxygen atoms in total. The van der Waals surface area contributed by atoms with Gasteiger partial charge in [-0.05, 0) is 0 Å². The zero-order chi connectivity index (χ0) is 11.4. The number of hydrogen-bond acceptors (Lipinski definition) is 6. The highest BCUT2D eigenvalue weighted by atomic mass is 16.7. The fourth-order valence-electron chi connectivity index (χ4n) is 1.85. The molecule has 0 spiro atoms. The number of aliphatic hydroxyl groups excluding tert-OH is 2. The highest BCUT2D eigenvalue weighted by Gasteiger charge is 2.46. The molecule has 0 amide bonds. The Hall–Kier alpha value is -0.240. The van der Waals surface area contributed by atoms with Crippen LogP contribution >= 0.6 is 0 Å². The summed E-state index contributed by atoms with van der Waals surface area (Å²) in [4.78, 5) is 0. The van der Waals surface area contributed by atoms with Crippen LogP contribution in [0.3, 0.4) is 0 Å². The van der Waals surface area contributed by atoms with Crippen LogP contribution in [0.1, 0.15) is 0 Å². The van der Waals surface area contributed by atoms with Crippen LogP contribution in [-0.4, -0.2) is 68.9 Å². The summed E-state index contributed by atoms with van der Waals surface area (Å²) < 4.78 is 20.6. The van der Waals surface area contributed by atoms with Gasteiger partial charge in [-0.15, -0.1) is 0 Å². The summed E-state index contributed by atoms with van der Waals surface area (Å²) in [6.45, 7) is -0.244. The minimum atomic E-state index is -1.12. The third kappa shape index (κ3) is 2.47. The summed E-state index contributed by atoms with van der Waals surface area (Å²) >= 11 is 0. The lowest BCUT2D eigenvalue weighted by molar-refractivity contribution is -0.299. The molecule has 1 heterocycles. The monoisotopic (exact) mass is 222 g/mol. The fraction of sp³-hybridized carbons (Fsp3) is 1.00. The topological polar surface area (TPSA) is 77.4 Å². The van der Waals surface area contributed by atoms with Crippen molar-refractivity contribution in [3.63, 3.8) is 0 Å². The summed E-state index contributed by atoms with van der Waals surface area (Å²) in [6, 6.07) is 0. The van der Waals surface area contributed by atoms with Crippen LogP contribution in [0.4, 0.5) is 0 Å². The van der Waals surface area contributed by atoms with Gasteiger partial charge in [0, 0.05) is 21.3 Å². The van der Waals surface area contributed by atoms with E-state index in [4.69, 9.17) is 24.1 Å². The highest BCUT2D eigenvalue weighted by molar-refractivity contribution is 4.91. The Morgan fingerprint density at radius 3 is 1.93 bits per heavy atom. The molecular formula is C9H18O6. The van der Waals surface area contributed by atoms with Gasteiger partial charge in [0.25, 0.3) is 0 Å². The van der Waals surface area contributed by atoms with Crippen molar-refractivity contribution < 1.29 is 29.2 Å². The van der Waals surface area contributed by atoms with Crippen LogP contribution in [0.15, 0.2) is 0 Å². The third-order valence-corrected chi connectivity index (χ3v) is 2.61. The average Bonchev–Trinajstić information content (AvgIpc) is 2.27. The van der Waals surface area contributed by atoms with Gasteiger partial charge in [-0.3, -0.25) is 0 Å². The second kappa shape index (κ2) is 5.74. The van der Waals surface area contributed by atoms with Crippen molar-refractivity contribution in [2.24, 2.45) is 0 Å². The van der Waals surface area contributed by atoms with Gasteiger partial charge in [0.05, 0.1) is 6.61 Å². The number of ether oxygens (including phenoxy) is 4. The minimum absolute atomic E-state index is 0.244. The largest absolute Gasteiger partial charge is 0.394 e. The van der Waals surface area contributed by atoms with Crippen LogP contribution in [0.25, 0.3) is 0 Å². The molecule has 1 fully saturated rings. The number of aliphatic hydroxyl groups is 2. The van der Waals surface area contributed by atoms with Crippen LogP contribution < -0.4 is 0 Å². The molecule has 0 aliphatic carbocycles. The zero-order valence-electron chi connectivity index (χ0n) is 9.12. The summed E-state index contributed by atoms with van der Waals surface area (Å²) in [6.07, 6.45) is -3.29. The molecule has 0 bridgehead atoms. The first-order chi connectivity index (χ1) is 7.19. The maximum absolute atomic E-state index is 9.59. The fourth-order valence-corrected chi connectivity index (χ4v) is 1.85. The Labute approximate surface area is 88.7 Å². The van der Waals surface area contributed by atoms with Gasteiger partial charge in [-0.1, -0.05) is 0 Å². The first kappa shape index (κ1) is 12.8. The SMILES string of the molecule is COC1C(O)OC(CO)[C@H](OC)C1OC. The van der Waals surface area contributed by atoms with Gasteiger partial charge in [0.15, 0.2) is 6.29 Å². The molecule has 90 valence electrons. The molecule has 1 aliphatic heterocycles. The van der Waals surface area contributed by atoms with Crippen molar-refractivity contribution in [1.29, 1.82) is 0 Å². The number of rotatable bonds is 4. The van der Waals surface area contributed by atoms with Gasteiger partial charge in [-0.25, -0.2) is 0 Å². The Bertz CT molecular complexity index is 187. The van der Waals surface area contributed by atoms with Crippen LogP contribution in [0, 0.1) is 0 Å². The van der Waals surface area contributed by atoms with Crippen molar-refractivity contribution in [1.82, 2.24) is 0 Å². The van der Waals surface area contributed by atoms with Gasteiger partial charge in [0.1, 0.15) is 24.4 Å². The van der Waals surface area contributed by atoms with E-state index >= 15 is 0 Å². The van der Waals surface area contributed by atoms with Crippen LogP contribution in [-0.2, 0) is 18.9 Å². The van der Waals surface area contributed by atoms with E-state index in [9.17, 15) is 5.11 Å². The lowest BCUT2D eigenvalue weighted by Crippen LogP contribution is -2.60. The molecule has 6 heteroatoms.